The van der Waals surface area contributed by atoms with Gasteiger partial charge in [-0.15, -0.1) is 0 Å². The zero-order valence-corrected chi connectivity index (χ0v) is 12.5. The molecule has 19 heavy (non-hydrogen) atoms. The Labute approximate surface area is 120 Å². The molecule has 0 bridgehead atoms. The molecular formula is C15H23ClN2O. The molecule has 0 aliphatic carbocycles. The second-order valence-corrected chi connectivity index (χ2v) is 5.57. The predicted molar refractivity (Wildman–Crippen MR) is 80.9 cm³/mol. The van der Waals surface area contributed by atoms with Gasteiger partial charge in [0.05, 0.1) is 16.8 Å². The Morgan fingerprint density at radius 1 is 1.53 bits per heavy atom. The number of hydrogen-bond acceptors (Lipinski definition) is 3. The van der Waals surface area contributed by atoms with Crippen LogP contribution in [0.15, 0.2) is 18.2 Å². The van der Waals surface area contributed by atoms with Crippen molar-refractivity contribution >= 4 is 17.3 Å². The number of anilines is 1. The summed E-state index contributed by atoms with van der Waals surface area (Å²) in [5, 5.41) is 0.784. The summed E-state index contributed by atoms with van der Waals surface area (Å²) in [6.45, 7) is 6.75. The summed E-state index contributed by atoms with van der Waals surface area (Å²) in [6, 6.07) is 6.14. The minimum absolute atomic E-state index is 0.0177. The van der Waals surface area contributed by atoms with E-state index in [2.05, 4.69) is 17.0 Å². The lowest BCUT2D eigenvalue weighted by atomic mass is 10.1. The Kier molecular flexibility index (Phi) is 5.08. The van der Waals surface area contributed by atoms with Crippen molar-refractivity contribution < 1.29 is 4.74 Å². The maximum absolute atomic E-state index is 6.39. The molecule has 2 rings (SSSR count). The van der Waals surface area contributed by atoms with Crippen LogP contribution >= 0.6 is 11.6 Å². The van der Waals surface area contributed by atoms with Crippen molar-refractivity contribution in [1.82, 2.24) is 0 Å². The highest BCUT2D eigenvalue weighted by Gasteiger charge is 2.21. The van der Waals surface area contributed by atoms with Crippen molar-refractivity contribution in [3.63, 3.8) is 0 Å². The molecule has 0 aromatic heterocycles. The van der Waals surface area contributed by atoms with Crippen molar-refractivity contribution in [2.45, 2.75) is 38.8 Å². The number of rotatable bonds is 4. The molecule has 1 aromatic rings. The van der Waals surface area contributed by atoms with Crippen LogP contribution in [0.5, 0.6) is 0 Å². The lowest BCUT2D eigenvalue weighted by molar-refractivity contribution is 0.0527. The van der Waals surface area contributed by atoms with Gasteiger partial charge in [-0.2, -0.15) is 0 Å². The molecule has 1 aliphatic rings. The molecule has 1 unspecified atom stereocenters. The van der Waals surface area contributed by atoms with E-state index in [0.717, 1.165) is 48.8 Å². The van der Waals surface area contributed by atoms with Gasteiger partial charge in [-0.25, -0.2) is 0 Å². The average molecular weight is 283 g/mol. The highest BCUT2D eigenvalue weighted by molar-refractivity contribution is 6.33. The zero-order valence-electron chi connectivity index (χ0n) is 11.7. The van der Waals surface area contributed by atoms with Crippen LogP contribution in [0, 0.1) is 0 Å². The fourth-order valence-electron chi connectivity index (χ4n) is 2.59. The van der Waals surface area contributed by atoms with Gasteiger partial charge in [0.2, 0.25) is 0 Å². The van der Waals surface area contributed by atoms with E-state index in [-0.39, 0.29) is 6.04 Å². The molecule has 1 aliphatic heterocycles. The van der Waals surface area contributed by atoms with Gasteiger partial charge in [0, 0.05) is 25.7 Å². The van der Waals surface area contributed by atoms with Crippen LogP contribution < -0.4 is 10.6 Å². The van der Waals surface area contributed by atoms with Crippen LogP contribution in [-0.2, 0) is 4.74 Å². The van der Waals surface area contributed by atoms with E-state index in [1.807, 2.05) is 19.9 Å². The highest BCUT2D eigenvalue weighted by atomic mass is 35.5. The molecular weight excluding hydrogens is 260 g/mol. The van der Waals surface area contributed by atoms with Gasteiger partial charge in [0.15, 0.2) is 0 Å². The quantitative estimate of drug-likeness (QED) is 0.920. The molecule has 3 nitrogen and oxygen atoms in total. The first kappa shape index (κ1) is 14.6. The molecule has 1 saturated heterocycles. The second kappa shape index (κ2) is 6.60. The summed E-state index contributed by atoms with van der Waals surface area (Å²) >= 11 is 6.39. The van der Waals surface area contributed by atoms with Crippen LogP contribution in [0.1, 0.15) is 38.3 Å². The second-order valence-electron chi connectivity index (χ2n) is 5.17. The first-order chi connectivity index (χ1) is 9.11. The fourth-order valence-corrected chi connectivity index (χ4v) is 2.90. The highest BCUT2D eigenvalue weighted by Crippen LogP contribution is 2.31. The molecule has 0 spiro atoms. The van der Waals surface area contributed by atoms with Crippen molar-refractivity contribution in [2.24, 2.45) is 5.73 Å². The number of piperidine rings is 1. The molecule has 1 heterocycles. The minimum atomic E-state index is 0.0177. The smallest absolute Gasteiger partial charge is 0.0750 e. The Morgan fingerprint density at radius 2 is 2.32 bits per heavy atom. The Balaban J connectivity index is 2.12. The third-order valence-electron chi connectivity index (χ3n) is 3.62. The monoisotopic (exact) mass is 282 g/mol. The van der Waals surface area contributed by atoms with Crippen molar-refractivity contribution in [2.75, 3.05) is 24.6 Å². The summed E-state index contributed by atoms with van der Waals surface area (Å²) in [7, 11) is 0. The predicted octanol–water partition coefficient (Wildman–Crippen LogP) is 3.37. The first-order valence-electron chi connectivity index (χ1n) is 7.03. The number of nitrogens with zero attached hydrogens (tertiary/aromatic N) is 1. The maximum Gasteiger partial charge on any atom is 0.0750 e. The SMILES string of the molecule is CCOC1CCCN(c2ccc([C@@H](C)N)cc2Cl)C1. The lowest BCUT2D eigenvalue weighted by Gasteiger charge is -2.34. The summed E-state index contributed by atoms with van der Waals surface area (Å²) < 4.78 is 5.73. The lowest BCUT2D eigenvalue weighted by Crippen LogP contribution is -2.39. The van der Waals surface area contributed by atoms with Gasteiger partial charge in [-0.1, -0.05) is 17.7 Å². The first-order valence-corrected chi connectivity index (χ1v) is 7.41. The molecule has 4 heteroatoms. The van der Waals surface area contributed by atoms with E-state index in [0.29, 0.717) is 6.10 Å². The number of hydrogen-bond donors (Lipinski definition) is 1. The van der Waals surface area contributed by atoms with Crippen molar-refractivity contribution in [3.8, 4) is 0 Å². The van der Waals surface area contributed by atoms with E-state index in [9.17, 15) is 0 Å². The average Bonchev–Trinajstić information content (AvgIpc) is 2.39. The van der Waals surface area contributed by atoms with Crippen LogP contribution in [-0.4, -0.2) is 25.8 Å². The Hall–Kier alpha value is -0.770. The third kappa shape index (κ3) is 3.62. The largest absolute Gasteiger partial charge is 0.377 e. The minimum Gasteiger partial charge on any atom is -0.377 e. The van der Waals surface area contributed by atoms with Gasteiger partial charge < -0.3 is 15.4 Å². The van der Waals surface area contributed by atoms with Crippen molar-refractivity contribution in [3.05, 3.63) is 28.8 Å². The number of ether oxygens (including phenoxy) is 1. The standard InChI is InChI=1S/C15H23ClN2O/c1-3-19-13-5-4-8-18(10-13)15-7-6-12(11(2)17)9-14(15)16/h6-7,9,11,13H,3-5,8,10,17H2,1-2H3/t11-,13?/m1/s1. The summed E-state index contributed by atoms with van der Waals surface area (Å²) in [5.41, 5.74) is 8.05. The normalized spacial score (nSPS) is 21.5. The number of benzene rings is 1. The van der Waals surface area contributed by atoms with E-state index in [4.69, 9.17) is 22.1 Å². The summed E-state index contributed by atoms with van der Waals surface area (Å²) in [6.07, 6.45) is 2.61. The van der Waals surface area contributed by atoms with Crippen LogP contribution in [0.4, 0.5) is 5.69 Å². The van der Waals surface area contributed by atoms with Crippen molar-refractivity contribution in [1.29, 1.82) is 0 Å². The molecule has 0 amide bonds. The Bertz CT molecular complexity index is 421. The summed E-state index contributed by atoms with van der Waals surface area (Å²) in [5.74, 6) is 0. The fraction of sp³-hybridized carbons (Fsp3) is 0.600. The molecule has 0 radical (unpaired) electrons. The molecule has 1 aromatic carbocycles. The van der Waals surface area contributed by atoms with Gasteiger partial charge in [-0.3, -0.25) is 0 Å². The molecule has 106 valence electrons. The third-order valence-corrected chi connectivity index (χ3v) is 3.92. The van der Waals surface area contributed by atoms with Gasteiger partial charge in [0.1, 0.15) is 0 Å². The van der Waals surface area contributed by atoms with Crippen LogP contribution in [0.3, 0.4) is 0 Å². The van der Waals surface area contributed by atoms with Crippen LogP contribution in [0.2, 0.25) is 5.02 Å². The number of halogens is 1. The van der Waals surface area contributed by atoms with E-state index >= 15 is 0 Å². The number of nitrogens with two attached hydrogens (primary N) is 1. The topological polar surface area (TPSA) is 38.5 Å². The zero-order chi connectivity index (χ0) is 13.8. The van der Waals surface area contributed by atoms with E-state index in [1.165, 1.54) is 0 Å². The van der Waals surface area contributed by atoms with E-state index in [1.54, 1.807) is 0 Å². The maximum atomic E-state index is 6.39. The van der Waals surface area contributed by atoms with E-state index < -0.39 is 0 Å². The molecule has 0 saturated carbocycles. The van der Waals surface area contributed by atoms with Crippen LogP contribution in [0.25, 0.3) is 0 Å². The Morgan fingerprint density at radius 3 is 2.95 bits per heavy atom. The molecule has 2 atom stereocenters. The molecule has 2 N–H and O–H groups in total. The van der Waals surface area contributed by atoms with Gasteiger partial charge in [0.25, 0.3) is 0 Å². The van der Waals surface area contributed by atoms with Gasteiger partial charge >= 0.3 is 0 Å². The summed E-state index contributed by atoms with van der Waals surface area (Å²) in [4.78, 5) is 2.32. The molecule has 1 fully saturated rings. The van der Waals surface area contributed by atoms with Gasteiger partial charge in [-0.05, 0) is 44.4 Å².